The van der Waals surface area contributed by atoms with Crippen molar-refractivity contribution in [3.8, 4) is 0 Å². The van der Waals surface area contributed by atoms with Crippen LogP contribution in [0.1, 0.15) is 38.3 Å². The Kier molecular flexibility index (Phi) is 7.43. The van der Waals surface area contributed by atoms with E-state index in [1.165, 1.54) is 18.0 Å². The number of piperazine rings is 1. The summed E-state index contributed by atoms with van der Waals surface area (Å²) < 4.78 is 0. The summed E-state index contributed by atoms with van der Waals surface area (Å²) in [7, 11) is 0. The maximum absolute atomic E-state index is 12.0. The van der Waals surface area contributed by atoms with Gasteiger partial charge in [0.05, 0.1) is 12.2 Å². The number of carbonyl (C=O) groups is 1. The van der Waals surface area contributed by atoms with Gasteiger partial charge in [0.25, 0.3) is 0 Å². The zero-order chi connectivity index (χ0) is 20.8. The van der Waals surface area contributed by atoms with Gasteiger partial charge in [-0.2, -0.15) is 0 Å². The van der Waals surface area contributed by atoms with Gasteiger partial charge in [0.2, 0.25) is 5.91 Å². The van der Waals surface area contributed by atoms with Crippen molar-refractivity contribution in [1.82, 2.24) is 25.4 Å². The number of carbonyl (C=O) groups excluding carboxylic acids is 1. The lowest BCUT2D eigenvalue weighted by Gasteiger charge is -2.36. The highest BCUT2D eigenvalue weighted by Crippen LogP contribution is 2.24. The number of amides is 1. The van der Waals surface area contributed by atoms with E-state index in [0.29, 0.717) is 12.6 Å². The topological polar surface area (TPSA) is 76.1 Å². The van der Waals surface area contributed by atoms with Gasteiger partial charge >= 0.3 is 0 Å². The van der Waals surface area contributed by atoms with E-state index < -0.39 is 0 Å². The zero-order valence-corrected chi connectivity index (χ0v) is 18.9. The lowest BCUT2D eigenvalue weighted by molar-refractivity contribution is -0.122. The van der Waals surface area contributed by atoms with Gasteiger partial charge in [0.15, 0.2) is 11.1 Å². The number of hydrogen-bond acceptors (Lipinski definition) is 6. The van der Waals surface area contributed by atoms with E-state index in [9.17, 15) is 4.79 Å². The summed E-state index contributed by atoms with van der Waals surface area (Å²) in [6.45, 7) is 10.1. The van der Waals surface area contributed by atoms with Crippen LogP contribution in [0.2, 0.25) is 0 Å². The summed E-state index contributed by atoms with van der Waals surface area (Å²) in [6.07, 6.45) is 5.72. The first kappa shape index (κ1) is 21.4. The van der Waals surface area contributed by atoms with E-state index in [0.717, 1.165) is 83.3 Å². The summed E-state index contributed by atoms with van der Waals surface area (Å²) in [5, 5.41) is 9.86. The molecule has 0 unspecified atom stereocenters. The van der Waals surface area contributed by atoms with Crippen LogP contribution in [0, 0.1) is 0 Å². The van der Waals surface area contributed by atoms with Gasteiger partial charge in [-0.1, -0.05) is 0 Å². The fourth-order valence-electron chi connectivity index (χ4n) is 3.99. The zero-order valence-electron chi connectivity index (χ0n) is 18.1. The molecule has 30 heavy (non-hydrogen) atoms. The number of nitrogens with one attached hydrogen (secondary N) is 2. The maximum atomic E-state index is 12.0. The van der Waals surface area contributed by atoms with Crippen molar-refractivity contribution in [2.24, 2.45) is 4.99 Å². The van der Waals surface area contributed by atoms with Crippen LogP contribution < -0.4 is 15.5 Å². The lowest BCUT2D eigenvalue weighted by Crippen LogP contribution is -2.54. The molecule has 0 bridgehead atoms. The third-order valence-corrected chi connectivity index (χ3v) is 6.81. The van der Waals surface area contributed by atoms with Gasteiger partial charge in [0, 0.05) is 70.2 Å². The summed E-state index contributed by atoms with van der Waals surface area (Å²) in [6, 6.07) is 0.440. The third kappa shape index (κ3) is 6.07. The first-order valence-corrected chi connectivity index (χ1v) is 12.3. The highest BCUT2D eigenvalue weighted by atomic mass is 32.1. The van der Waals surface area contributed by atoms with E-state index in [1.54, 1.807) is 11.3 Å². The van der Waals surface area contributed by atoms with Crippen molar-refractivity contribution in [2.45, 2.75) is 45.1 Å². The normalized spacial score (nSPS) is 20.6. The lowest BCUT2D eigenvalue weighted by atomic mass is 10.3. The molecule has 0 atom stereocenters. The fourth-order valence-corrected chi connectivity index (χ4v) is 4.90. The Morgan fingerprint density at radius 1 is 1.20 bits per heavy atom. The Morgan fingerprint density at radius 3 is 2.67 bits per heavy atom. The Balaban J connectivity index is 1.23. The molecular weight excluding hydrogens is 398 g/mol. The molecule has 1 saturated carbocycles. The van der Waals surface area contributed by atoms with Crippen LogP contribution in [0.15, 0.2) is 10.4 Å². The van der Waals surface area contributed by atoms with Crippen molar-refractivity contribution in [2.75, 3.05) is 63.8 Å². The van der Waals surface area contributed by atoms with Gasteiger partial charge in [-0.3, -0.25) is 14.7 Å². The summed E-state index contributed by atoms with van der Waals surface area (Å²) in [4.78, 5) is 28.6. The number of anilines is 1. The summed E-state index contributed by atoms with van der Waals surface area (Å²) in [5.74, 6) is 1.15. The summed E-state index contributed by atoms with van der Waals surface area (Å²) >= 11 is 1.76. The molecule has 0 aromatic carbocycles. The molecule has 1 amide bonds. The number of nitrogens with zero attached hydrogens (tertiary/aromatic N) is 5. The minimum Gasteiger partial charge on any atom is -0.357 e. The number of aromatic nitrogens is 1. The number of aliphatic imine (C=N–C) groups is 1. The highest BCUT2D eigenvalue weighted by Gasteiger charge is 2.26. The predicted molar refractivity (Wildman–Crippen MR) is 122 cm³/mol. The summed E-state index contributed by atoms with van der Waals surface area (Å²) in [5.41, 5.74) is 1.15. The maximum Gasteiger partial charge on any atom is 0.234 e. The first-order chi connectivity index (χ1) is 14.7. The van der Waals surface area contributed by atoms with Gasteiger partial charge in [-0.15, -0.1) is 11.3 Å². The molecule has 8 nitrogen and oxygen atoms in total. The molecule has 3 aliphatic rings. The number of hydrogen-bond donors (Lipinski definition) is 2. The van der Waals surface area contributed by atoms with Crippen LogP contribution in [0.3, 0.4) is 0 Å². The van der Waals surface area contributed by atoms with Crippen molar-refractivity contribution >= 4 is 28.3 Å². The van der Waals surface area contributed by atoms with Crippen molar-refractivity contribution in [3.05, 3.63) is 11.1 Å². The minimum atomic E-state index is 0.170. The Labute approximate surface area is 183 Å². The molecule has 2 saturated heterocycles. The molecule has 3 fully saturated rings. The van der Waals surface area contributed by atoms with Crippen LogP contribution in [0.25, 0.3) is 0 Å². The first-order valence-electron chi connectivity index (χ1n) is 11.5. The molecule has 9 heteroatoms. The van der Waals surface area contributed by atoms with Crippen molar-refractivity contribution in [3.63, 3.8) is 0 Å². The molecule has 1 aromatic heterocycles. The van der Waals surface area contributed by atoms with Crippen LogP contribution >= 0.6 is 11.3 Å². The second-order valence-corrected chi connectivity index (χ2v) is 9.24. The third-order valence-electron chi connectivity index (χ3n) is 5.86. The Morgan fingerprint density at radius 2 is 1.97 bits per heavy atom. The van der Waals surface area contributed by atoms with Gasteiger partial charge in [-0.05, 0) is 32.6 Å². The molecule has 0 radical (unpaired) electrons. The van der Waals surface area contributed by atoms with E-state index in [1.807, 2.05) is 0 Å². The van der Waals surface area contributed by atoms with Gasteiger partial charge < -0.3 is 20.4 Å². The molecule has 166 valence electrons. The van der Waals surface area contributed by atoms with Crippen LogP contribution in [0.5, 0.6) is 0 Å². The highest BCUT2D eigenvalue weighted by molar-refractivity contribution is 7.13. The Hall–Kier alpha value is -1.87. The second kappa shape index (κ2) is 10.4. The second-order valence-electron chi connectivity index (χ2n) is 8.41. The van der Waals surface area contributed by atoms with Crippen LogP contribution in [0.4, 0.5) is 5.13 Å². The average molecular weight is 434 g/mol. The Bertz CT molecular complexity index is 719. The quantitative estimate of drug-likeness (QED) is 0.473. The van der Waals surface area contributed by atoms with E-state index in [2.05, 4.69) is 37.6 Å². The SMILES string of the molecule is CCNC(=NCCc1csc(N2CCCC2)n1)N1CCN(CC(=O)NC2CC2)CC1. The van der Waals surface area contributed by atoms with E-state index in [4.69, 9.17) is 9.98 Å². The predicted octanol–water partition coefficient (Wildman–Crippen LogP) is 1.15. The molecule has 2 aliphatic heterocycles. The molecule has 3 heterocycles. The average Bonchev–Trinajstić information content (AvgIpc) is 3.20. The molecule has 4 rings (SSSR count). The van der Waals surface area contributed by atoms with Gasteiger partial charge in [0.1, 0.15) is 0 Å². The van der Waals surface area contributed by atoms with Crippen LogP contribution in [-0.4, -0.2) is 91.6 Å². The molecule has 2 N–H and O–H groups in total. The monoisotopic (exact) mass is 433 g/mol. The minimum absolute atomic E-state index is 0.170. The molecule has 0 spiro atoms. The fraction of sp³-hybridized carbons (Fsp3) is 0.762. The van der Waals surface area contributed by atoms with E-state index in [-0.39, 0.29) is 5.91 Å². The van der Waals surface area contributed by atoms with Crippen molar-refractivity contribution in [1.29, 1.82) is 0 Å². The largest absolute Gasteiger partial charge is 0.357 e. The molecule has 1 aromatic rings. The number of guanidine groups is 1. The standard InChI is InChI=1S/C21H35N7OS/c1-2-22-20(23-8-7-18-16-30-21(25-18)28-9-3-4-10-28)27-13-11-26(12-14-27)15-19(29)24-17-5-6-17/h16-17H,2-15H2,1H3,(H,22,23)(H,24,29). The molecule has 1 aliphatic carbocycles. The number of rotatable bonds is 8. The van der Waals surface area contributed by atoms with Crippen LogP contribution in [-0.2, 0) is 11.2 Å². The van der Waals surface area contributed by atoms with Crippen molar-refractivity contribution < 1.29 is 4.79 Å². The molecular formula is C21H35N7OS. The van der Waals surface area contributed by atoms with Gasteiger partial charge in [-0.25, -0.2) is 4.98 Å². The van der Waals surface area contributed by atoms with E-state index >= 15 is 0 Å². The smallest absolute Gasteiger partial charge is 0.234 e. The number of thiazole rings is 1.